The second-order valence-electron chi connectivity index (χ2n) is 4.07. The van der Waals surface area contributed by atoms with Crippen LogP contribution in [0.3, 0.4) is 0 Å². The van der Waals surface area contributed by atoms with Gasteiger partial charge in [0, 0.05) is 19.3 Å². The van der Waals surface area contributed by atoms with Gasteiger partial charge in [0.15, 0.2) is 0 Å². The summed E-state index contributed by atoms with van der Waals surface area (Å²) in [6.45, 7) is 0. The zero-order chi connectivity index (χ0) is 14.7. The van der Waals surface area contributed by atoms with Crippen LogP contribution in [0.15, 0.2) is 41.3 Å². The van der Waals surface area contributed by atoms with Crippen molar-refractivity contribution in [3.05, 3.63) is 63.3 Å². The van der Waals surface area contributed by atoms with Crippen molar-refractivity contribution in [1.82, 2.24) is 9.99 Å². The molecule has 0 fully saturated rings. The molecule has 0 bridgehead atoms. The molecule has 1 heterocycles. The predicted molar refractivity (Wildman–Crippen MR) is 74.2 cm³/mol. The number of aryl methyl sites for hydroxylation is 1. The first-order valence-corrected chi connectivity index (χ1v) is 6.03. The second kappa shape index (κ2) is 5.75. The molecule has 5 nitrogen and oxygen atoms in total. The van der Waals surface area contributed by atoms with E-state index >= 15 is 0 Å². The van der Waals surface area contributed by atoms with E-state index in [1.54, 1.807) is 0 Å². The lowest BCUT2D eigenvalue weighted by atomic mass is 10.2. The topological polar surface area (TPSA) is 63.1 Å². The number of pyridine rings is 1. The molecule has 0 aliphatic heterocycles. The van der Waals surface area contributed by atoms with Crippen molar-refractivity contribution in [1.29, 1.82) is 0 Å². The van der Waals surface area contributed by atoms with Crippen molar-refractivity contribution < 1.29 is 9.18 Å². The highest BCUT2D eigenvalue weighted by Crippen LogP contribution is 2.12. The lowest BCUT2D eigenvalue weighted by molar-refractivity contribution is 0.0962. The molecule has 1 aromatic heterocycles. The quantitative estimate of drug-likeness (QED) is 0.851. The molecular weight excluding hydrogens is 285 g/mol. The van der Waals surface area contributed by atoms with Crippen LogP contribution >= 0.6 is 11.6 Å². The summed E-state index contributed by atoms with van der Waals surface area (Å²) in [5, 5.41) is 0.0616. The van der Waals surface area contributed by atoms with Crippen molar-refractivity contribution in [2.45, 2.75) is 0 Å². The zero-order valence-electron chi connectivity index (χ0n) is 10.5. The lowest BCUT2D eigenvalue weighted by Crippen LogP contribution is -2.31. The Labute approximate surface area is 119 Å². The summed E-state index contributed by atoms with van der Waals surface area (Å²) >= 11 is 5.85. The fourth-order valence-corrected chi connectivity index (χ4v) is 1.73. The van der Waals surface area contributed by atoms with E-state index in [4.69, 9.17) is 11.6 Å². The van der Waals surface area contributed by atoms with Gasteiger partial charge in [0.2, 0.25) is 0 Å². The third-order valence-electron chi connectivity index (χ3n) is 2.59. The van der Waals surface area contributed by atoms with Gasteiger partial charge in [-0.15, -0.1) is 0 Å². The van der Waals surface area contributed by atoms with Gasteiger partial charge in [0.25, 0.3) is 11.5 Å². The van der Waals surface area contributed by atoms with E-state index in [2.05, 4.69) is 10.9 Å². The first-order valence-electron chi connectivity index (χ1n) is 5.65. The molecule has 0 atom stereocenters. The number of aromatic nitrogens is 1. The molecule has 1 aromatic carbocycles. The highest BCUT2D eigenvalue weighted by atomic mass is 35.5. The zero-order valence-corrected chi connectivity index (χ0v) is 11.2. The van der Waals surface area contributed by atoms with Gasteiger partial charge in [-0.25, -0.2) is 4.39 Å². The number of carbonyl (C=O) groups excluding carboxylic acids is 1. The summed E-state index contributed by atoms with van der Waals surface area (Å²) in [6.07, 6.45) is 1.34. The van der Waals surface area contributed by atoms with E-state index in [1.807, 2.05) is 0 Å². The Hall–Kier alpha value is -2.34. The highest BCUT2D eigenvalue weighted by Gasteiger charge is 2.11. The van der Waals surface area contributed by atoms with Crippen LogP contribution in [0.25, 0.3) is 0 Å². The molecule has 7 heteroatoms. The number of amides is 1. The smallest absolute Gasteiger partial charge is 0.272 e. The molecule has 104 valence electrons. The fraction of sp³-hybridized carbons (Fsp3) is 0.0769. The van der Waals surface area contributed by atoms with Crippen molar-refractivity contribution in [3.63, 3.8) is 0 Å². The Balaban J connectivity index is 2.11. The molecule has 1 amide bonds. The number of hydrogen-bond donors (Lipinski definition) is 2. The Bertz CT molecular complexity index is 698. The molecule has 2 aromatic rings. The van der Waals surface area contributed by atoms with E-state index in [0.29, 0.717) is 5.69 Å². The summed E-state index contributed by atoms with van der Waals surface area (Å²) in [4.78, 5) is 23.2. The molecule has 0 unspecified atom stereocenters. The first-order chi connectivity index (χ1) is 9.47. The van der Waals surface area contributed by atoms with Gasteiger partial charge >= 0.3 is 0 Å². The van der Waals surface area contributed by atoms with E-state index in [1.165, 1.54) is 42.1 Å². The average Bonchev–Trinajstić information content (AvgIpc) is 2.42. The maximum absolute atomic E-state index is 12.7. The molecule has 0 saturated heterocycles. The average molecular weight is 296 g/mol. The molecule has 0 aliphatic carbocycles. The minimum Gasteiger partial charge on any atom is -0.318 e. The number of halogens is 2. The molecule has 20 heavy (non-hydrogen) atoms. The third kappa shape index (κ3) is 3.16. The number of rotatable bonds is 3. The van der Waals surface area contributed by atoms with E-state index < -0.39 is 5.91 Å². The summed E-state index contributed by atoms with van der Waals surface area (Å²) in [6, 6.07) is 6.62. The normalized spacial score (nSPS) is 10.2. The van der Waals surface area contributed by atoms with Crippen molar-refractivity contribution in [3.8, 4) is 0 Å². The van der Waals surface area contributed by atoms with Gasteiger partial charge in [0.05, 0.1) is 16.3 Å². The van der Waals surface area contributed by atoms with Crippen LogP contribution in [0.1, 0.15) is 10.4 Å². The van der Waals surface area contributed by atoms with Gasteiger partial charge in [-0.3, -0.25) is 20.4 Å². The monoisotopic (exact) mass is 295 g/mol. The number of nitrogens with one attached hydrogen (secondary N) is 2. The first kappa shape index (κ1) is 14.1. The largest absolute Gasteiger partial charge is 0.318 e. The number of hydrogen-bond acceptors (Lipinski definition) is 3. The molecule has 2 N–H and O–H groups in total. The van der Waals surface area contributed by atoms with Crippen molar-refractivity contribution in [2.75, 3.05) is 5.43 Å². The number of carbonyl (C=O) groups is 1. The molecule has 0 aliphatic rings. The van der Waals surface area contributed by atoms with Crippen LogP contribution < -0.4 is 16.4 Å². The van der Waals surface area contributed by atoms with Gasteiger partial charge in [0.1, 0.15) is 5.82 Å². The lowest BCUT2D eigenvalue weighted by Gasteiger charge is -2.10. The van der Waals surface area contributed by atoms with E-state index in [9.17, 15) is 14.0 Å². The van der Waals surface area contributed by atoms with Crippen LogP contribution in [-0.2, 0) is 7.05 Å². The molecule has 0 radical (unpaired) electrons. The summed E-state index contributed by atoms with van der Waals surface area (Å²) in [7, 11) is 1.52. The Morgan fingerprint density at radius 1 is 1.30 bits per heavy atom. The molecule has 0 saturated carbocycles. The van der Waals surface area contributed by atoms with Gasteiger partial charge in [-0.05, 0) is 24.3 Å². The molecular formula is C13H11ClFN3O2. The van der Waals surface area contributed by atoms with Gasteiger partial charge in [-0.1, -0.05) is 11.6 Å². The van der Waals surface area contributed by atoms with Crippen LogP contribution in [0.4, 0.5) is 10.1 Å². The second-order valence-corrected chi connectivity index (χ2v) is 4.48. The SMILES string of the molecule is Cn1cc(C(=O)NNc2ccc(F)cc2)c(Cl)cc1=O. The molecule has 2 rings (SSSR count). The third-order valence-corrected chi connectivity index (χ3v) is 2.90. The van der Waals surface area contributed by atoms with Crippen LogP contribution in [0.2, 0.25) is 5.02 Å². The Morgan fingerprint density at radius 2 is 1.95 bits per heavy atom. The Morgan fingerprint density at radius 3 is 2.60 bits per heavy atom. The summed E-state index contributed by atoms with van der Waals surface area (Å²) in [5.41, 5.74) is 5.39. The van der Waals surface area contributed by atoms with E-state index in [-0.39, 0.29) is 22.0 Å². The number of benzene rings is 1. The fourth-order valence-electron chi connectivity index (χ4n) is 1.50. The van der Waals surface area contributed by atoms with Crippen molar-refractivity contribution in [2.24, 2.45) is 7.05 Å². The minimum atomic E-state index is -0.505. The van der Waals surface area contributed by atoms with Gasteiger partial charge in [-0.2, -0.15) is 0 Å². The maximum Gasteiger partial charge on any atom is 0.272 e. The van der Waals surface area contributed by atoms with Crippen LogP contribution in [0.5, 0.6) is 0 Å². The Kier molecular flexibility index (Phi) is 4.05. The summed E-state index contributed by atoms with van der Waals surface area (Å²) < 4.78 is 14.0. The van der Waals surface area contributed by atoms with Gasteiger partial charge < -0.3 is 4.57 Å². The summed E-state index contributed by atoms with van der Waals surface area (Å²) in [5.74, 6) is -0.877. The van der Waals surface area contributed by atoms with Crippen LogP contribution in [-0.4, -0.2) is 10.5 Å². The highest BCUT2D eigenvalue weighted by molar-refractivity contribution is 6.33. The van der Waals surface area contributed by atoms with Crippen molar-refractivity contribution >= 4 is 23.2 Å². The number of hydrazine groups is 1. The predicted octanol–water partition coefficient (Wildman–Crippen LogP) is 1.93. The maximum atomic E-state index is 12.7. The number of anilines is 1. The molecule has 0 spiro atoms. The minimum absolute atomic E-state index is 0.0616. The standard InChI is InChI=1S/C13H11ClFN3O2/c1-18-7-10(11(14)6-12(18)19)13(20)17-16-9-4-2-8(15)3-5-9/h2-7,16H,1H3,(H,17,20). The number of nitrogens with zero attached hydrogens (tertiary/aromatic N) is 1. The van der Waals surface area contributed by atoms with E-state index in [0.717, 1.165) is 6.07 Å². The van der Waals surface area contributed by atoms with Crippen LogP contribution in [0, 0.1) is 5.82 Å².